The van der Waals surface area contributed by atoms with E-state index in [0.29, 0.717) is 13.1 Å². The lowest BCUT2D eigenvalue weighted by molar-refractivity contribution is -0.142. The van der Waals surface area contributed by atoms with E-state index in [0.717, 1.165) is 6.42 Å². The Bertz CT molecular complexity index is 227. The fraction of sp³-hybridized carbons (Fsp3) is 0.778. The first kappa shape index (κ1) is 10.0. The first-order valence-corrected chi connectivity index (χ1v) is 4.54. The van der Waals surface area contributed by atoms with Crippen molar-refractivity contribution < 1.29 is 14.7 Å². The van der Waals surface area contributed by atoms with Crippen molar-refractivity contribution in [2.75, 3.05) is 13.1 Å². The van der Waals surface area contributed by atoms with Crippen LogP contribution in [-0.4, -0.2) is 35.0 Å². The first-order chi connectivity index (χ1) is 6.06. The Morgan fingerprint density at radius 3 is 2.38 bits per heavy atom. The van der Waals surface area contributed by atoms with Gasteiger partial charge in [-0.2, -0.15) is 0 Å². The molecule has 4 heteroatoms. The molecule has 2 atom stereocenters. The van der Waals surface area contributed by atoms with Gasteiger partial charge in [-0.3, -0.25) is 9.59 Å². The lowest BCUT2D eigenvalue weighted by Crippen LogP contribution is -2.27. The molecule has 0 saturated carbocycles. The van der Waals surface area contributed by atoms with Gasteiger partial charge in [0.05, 0.1) is 5.92 Å². The summed E-state index contributed by atoms with van der Waals surface area (Å²) in [5, 5.41) is 8.88. The molecule has 1 N–H and O–H groups in total. The second-order valence-corrected chi connectivity index (χ2v) is 3.54. The third kappa shape index (κ3) is 1.99. The maximum absolute atomic E-state index is 11.0. The zero-order valence-corrected chi connectivity index (χ0v) is 7.99. The largest absolute Gasteiger partial charge is 0.481 e. The fourth-order valence-electron chi connectivity index (χ4n) is 1.82. The van der Waals surface area contributed by atoms with E-state index >= 15 is 0 Å². The highest BCUT2D eigenvalue weighted by atomic mass is 16.4. The van der Waals surface area contributed by atoms with E-state index in [-0.39, 0.29) is 17.7 Å². The molecule has 1 aliphatic heterocycles. The molecule has 1 fully saturated rings. The molecule has 1 saturated heterocycles. The SMILES string of the molecule is CC[C@@H]1CN(C(C)=O)C[C@H]1C(=O)O. The van der Waals surface area contributed by atoms with E-state index in [1.54, 1.807) is 4.90 Å². The van der Waals surface area contributed by atoms with E-state index < -0.39 is 5.97 Å². The molecule has 1 heterocycles. The summed E-state index contributed by atoms with van der Waals surface area (Å²) in [6.45, 7) is 4.42. The Morgan fingerprint density at radius 2 is 2.08 bits per heavy atom. The Balaban J connectivity index is 2.66. The Hall–Kier alpha value is -1.06. The van der Waals surface area contributed by atoms with Gasteiger partial charge in [-0.05, 0) is 5.92 Å². The van der Waals surface area contributed by atoms with Crippen molar-refractivity contribution in [3.05, 3.63) is 0 Å². The van der Waals surface area contributed by atoms with Gasteiger partial charge in [0.15, 0.2) is 0 Å². The van der Waals surface area contributed by atoms with Crippen LogP contribution in [0.2, 0.25) is 0 Å². The van der Waals surface area contributed by atoms with Crippen molar-refractivity contribution in [1.82, 2.24) is 4.90 Å². The fourth-order valence-corrected chi connectivity index (χ4v) is 1.82. The normalized spacial score (nSPS) is 27.7. The molecule has 1 aliphatic rings. The summed E-state index contributed by atoms with van der Waals surface area (Å²) >= 11 is 0. The Kier molecular flexibility index (Phi) is 2.90. The molecule has 1 rings (SSSR count). The summed E-state index contributed by atoms with van der Waals surface area (Å²) in [6.07, 6.45) is 0.820. The third-order valence-electron chi connectivity index (χ3n) is 2.73. The Labute approximate surface area is 77.5 Å². The minimum absolute atomic E-state index is 0.0257. The van der Waals surface area contributed by atoms with Gasteiger partial charge in [-0.25, -0.2) is 0 Å². The molecule has 1 amide bonds. The van der Waals surface area contributed by atoms with Gasteiger partial charge in [0.25, 0.3) is 0 Å². The molecule has 0 aliphatic carbocycles. The van der Waals surface area contributed by atoms with Crippen molar-refractivity contribution in [3.8, 4) is 0 Å². The highest BCUT2D eigenvalue weighted by molar-refractivity contribution is 5.77. The number of hydrogen-bond donors (Lipinski definition) is 1. The lowest BCUT2D eigenvalue weighted by atomic mass is 9.94. The van der Waals surface area contributed by atoms with Gasteiger partial charge in [0, 0.05) is 20.0 Å². The standard InChI is InChI=1S/C9H15NO3/c1-3-7-4-10(6(2)11)5-8(7)9(12)13/h7-8H,3-5H2,1-2H3,(H,12,13)/t7-,8-/m1/s1. The number of carbonyl (C=O) groups is 2. The van der Waals surface area contributed by atoms with Gasteiger partial charge >= 0.3 is 5.97 Å². The minimum Gasteiger partial charge on any atom is -0.481 e. The first-order valence-electron chi connectivity index (χ1n) is 4.54. The zero-order valence-electron chi connectivity index (χ0n) is 7.99. The summed E-state index contributed by atoms with van der Waals surface area (Å²) < 4.78 is 0. The molecular formula is C9H15NO3. The molecule has 0 aromatic rings. The third-order valence-corrected chi connectivity index (χ3v) is 2.73. The highest BCUT2D eigenvalue weighted by Crippen LogP contribution is 2.26. The van der Waals surface area contributed by atoms with E-state index in [2.05, 4.69) is 0 Å². The van der Waals surface area contributed by atoms with Crippen molar-refractivity contribution in [2.45, 2.75) is 20.3 Å². The van der Waals surface area contributed by atoms with Crippen LogP contribution in [-0.2, 0) is 9.59 Å². The number of aliphatic carboxylic acids is 1. The number of carboxylic acids is 1. The van der Waals surface area contributed by atoms with Crippen LogP contribution in [0, 0.1) is 11.8 Å². The number of amides is 1. The summed E-state index contributed by atoms with van der Waals surface area (Å²) in [4.78, 5) is 23.4. The van der Waals surface area contributed by atoms with E-state index in [4.69, 9.17) is 5.11 Å². The second kappa shape index (κ2) is 3.77. The number of likely N-dealkylation sites (tertiary alicyclic amines) is 1. The van der Waals surface area contributed by atoms with Crippen LogP contribution in [0.5, 0.6) is 0 Å². The van der Waals surface area contributed by atoms with Gasteiger partial charge in [0.1, 0.15) is 0 Å². The molecule has 4 nitrogen and oxygen atoms in total. The van der Waals surface area contributed by atoms with Crippen molar-refractivity contribution >= 4 is 11.9 Å². The average molecular weight is 185 g/mol. The highest BCUT2D eigenvalue weighted by Gasteiger charge is 2.37. The lowest BCUT2D eigenvalue weighted by Gasteiger charge is -2.12. The van der Waals surface area contributed by atoms with Gasteiger partial charge < -0.3 is 10.0 Å². The van der Waals surface area contributed by atoms with E-state index in [1.807, 2.05) is 6.92 Å². The van der Waals surface area contributed by atoms with Crippen molar-refractivity contribution in [2.24, 2.45) is 11.8 Å². The summed E-state index contributed by atoms with van der Waals surface area (Å²) in [5.74, 6) is -1.05. The van der Waals surface area contributed by atoms with E-state index in [9.17, 15) is 9.59 Å². The molecular weight excluding hydrogens is 170 g/mol. The number of rotatable bonds is 2. The predicted octanol–water partition coefficient (Wildman–Crippen LogP) is 0.575. The van der Waals surface area contributed by atoms with Crippen LogP contribution in [0.15, 0.2) is 0 Å². The molecule has 0 radical (unpaired) electrons. The van der Waals surface area contributed by atoms with Crippen molar-refractivity contribution in [1.29, 1.82) is 0 Å². The average Bonchev–Trinajstić information content (AvgIpc) is 2.47. The molecule has 0 bridgehead atoms. The van der Waals surface area contributed by atoms with Crippen LogP contribution in [0.3, 0.4) is 0 Å². The quantitative estimate of drug-likeness (QED) is 0.684. The van der Waals surface area contributed by atoms with Gasteiger partial charge in [-0.15, -0.1) is 0 Å². The molecule has 0 aromatic heterocycles. The maximum atomic E-state index is 11.0. The number of hydrogen-bond acceptors (Lipinski definition) is 2. The number of carboxylic acid groups (broad SMARTS) is 1. The molecule has 0 aromatic carbocycles. The van der Waals surface area contributed by atoms with Gasteiger partial charge in [0.2, 0.25) is 5.91 Å². The number of carbonyl (C=O) groups excluding carboxylic acids is 1. The van der Waals surface area contributed by atoms with Crippen LogP contribution < -0.4 is 0 Å². The van der Waals surface area contributed by atoms with E-state index in [1.165, 1.54) is 6.92 Å². The smallest absolute Gasteiger partial charge is 0.308 e. The summed E-state index contributed by atoms with van der Waals surface area (Å²) in [5.41, 5.74) is 0. The summed E-state index contributed by atoms with van der Waals surface area (Å²) in [6, 6.07) is 0. The number of nitrogens with zero attached hydrogens (tertiary/aromatic N) is 1. The molecule has 0 spiro atoms. The van der Waals surface area contributed by atoms with Crippen LogP contribution in [0.25, 0.3) is 0 Å². The van der Waals surface area contributed by atoms with Crippen LogP contribution in [0.4, 0.5) is 0 Å². The predicted molar refractivity (Wildman–Crippen MR) is 47.2 cm³/mol. The monoisotopic (exact) mass is 185 g/mol. The minimum atomic E-state index is -0.782. The second-order valence-electron chi connectivity index (χ2n) is 3.54. The zero-order chi connectivity index (χ0) is 10.0. The maximum Gasteiger partial charge on any atom is 0.308 e. The Morgan fingerprint density at radius 1 is 1.46 bits per heavy atom. The van der Waals surface area contributed by atoms with Crippen LogP contribution >= 0.6 is 0 Å². The van der Waals surface area contributed by atoms with Gasteiger partial charge in [-0.1, -0.05) is 13.3 Å². The molecule has 0 unspecified atom stereocenters. The van der Waals surface area contributed by atoms with Crippen LogP contribution in [0.1, 0.15) is 20.3 Å². The summed E-state index contributed by atoms with van der Waals surface area (Å²) in [7, 11) is 0. The topological polar surface area (TPSA) is 57.6 Å². The van der Waals surface area contributed by atoms with Crippen molar-refractivity contribution in [3.63, 3.8) is 0 Å². The molecule has 13 heavy (non-hydrogen) atoms. The molecule has 74 valence electrons.